The van der Waals surface area contributed by atoms with Gasteiger partial charge in [-0.15, -0.1) is 0 Å². The van der Waals surface area contributed by atoms with E-state index in [-0.39, 0.29) is 58.9 Å². The third-order valence-electron chi connectivity index (χ3n) is 9.16. The molecule has 2 bridgehead atoms. The van der Waals surface area contributed by atoms with Crippen LogP contribution in [0.2, 0.25) is 5.02 Å². The Labute approximate surface area is 240 Å². The zero-order valence-electron chi connectivity index (χ0n) is 23.8. The van der Waals surface area contributed by atoms with Crippen LogP contribution in [-0.2, 0) is 16.1 Å². The maximum absolute atomic E-state index is 13.8. The summed E-state index contributed by atoms with van der Waals surface area (Å²) in [6.07, 6.45) is 5.30. The molecule has 5 rings (SSSR count). The molecular formula is C32H37ClO7. The van der Waals surface area contributed by atoms with Crippen LogP contribution in [0.3, 0.4) is 0 Å². The Balaban J connectivity index is 1.64. The number of hydrogen-bond acceptors (Lipinski definition) is 7. The van der Waals surface area contributed by atoms with Crippen LogP contribution < -0.4 is 14.2 Å². The maximum atomic E-state index is 13.8. The summed E-state index contributed by atoms with van der Waals surface area (Å²) in [6.45, 7) is 11.6. The van der Waals surface area contributed by atoms with Crippen LogP contribution in [0.15, 0.2) is 18.7 Å². The lowest BCUT2D eigenvalue weighted by atomic mass is 9.79. The third-order valence-corrected chi connectivity index (χ3v) is 9.67. The van der Waals surface area contributed by atoms with E-state index < -0.39 is 17.5 Å². The first-order chi connectivity index (χ1) is 19.0. The van der Waals surface area contributed by atoms with Gasteiger partial charge in [-0.25, -0.2) is 4.79 Å². The molecule has 214 valence electrons. The summed E-state index contributed by atoms with van der Waals surface area (Å²) in [5, 5.41) is 11.2. The number of rotatable bonds is 7. The number of carbonyl (C=O) groups is 2. The molecule has 8 heteroatoms. The Morgan fingerprint density at radius 3 is 2.45 bits per heavy atom. The number of halogens is 1. The van der Waals surface area contributed by atoms with Crippen molar-refractivity contribution in [3.8, 4) is 23.0 Å². The van der Waals surface area contributed by atoms with Crippen molar-refractivity contribution in [3.05, 3.63) is 51.6 Å². The van der Waals surface area contributed by atoms with Crippen LogP contribution in [0.25, 0.3) is 6.08 Å². The SMILES string of the molecule is C=Cc1c(C)c(Cl)c2c(c1OC(=O)C1(C)C3CCC1CC3)Oc1ccc([C@@H](O)CC(C)C)c(OC)c1C(=O)OC2. The highest BCUT2D eigenvalue weighted by molar-refractivity contribution is 6.32. The van der Waals surface area contributed by atoms with Crippen molar-refractivity contribution in [1.29, 1.82) is 0 Å². The largest absolute Gasteiger partial charge is 0.495 e. The van der Waals surface area contributed by atoms with Gasteiger partial charge >= 0.3 is 11.9 Å². The number of hydrogen-bond donors (Lipinski definition) is 1. The number of carbonyl (C=O) groups excluding carboxylic acids is 2. The number of ether oxygens (including phenoxy) is 4. The van der Waals surface area contributed by atoms with E-state index in [1.54, 1.807) is 25.1 Å². The molecule has 0 saturated heterocycles. The number of cyclic esters (lactones) is 1. The number of aliphatic hydroxyl groups excluding tert-OH is 1. The van der Waals surface area contributed by atoms with Crippen LogP contribution in [0.4, 0.5) is 0 Å². The summed E-state index contributed by atoms with van der Waals surface area (Å²) >= 11 is 6.77. The Hall–Kier alpha value is -3.03. The zero-order valence-corrected chi connectivity index (χ0v) is 24.5. The van der Waals surface area contributed by atoms with Gasteiger partial charge in [-0.3, -0.25) is 4.79 Å². The van der Waals surface area contributed by atoms with Gasteiger partial charge in [-0.05, 0) is 81.4 Å². The van der Waals surface area contributed by atoms with Gasteiger partial charge in [0.25, 0.3) is 0 Å². The Bertz CT molecular complexity index is 1360. The van der Waals surface area contributed by atoms with E-state index in [0.29, 0.717) is 33.7 Å². The molecule has 2 aromatic carbocycles. The van der Waals surface area contributed by atoms with Gasteiger partial charge in [0, 0.05) is 11.1 Å². The normalized spacial score (nSPS) is 23.9. The molecular weight excluding hydrogens is 532 g/mol. The second-order valence-electron chi connectivity index (χ2n) is 11.8. The lowest BCUT2D eigenvalue weighted by Gasteiger charge is -2.30. The van der Waals surface area contributed by atoms with Gasteiger partial charge in [0.15, 0.2) is 11.5 Å². The average Bonchev–Trinajstić information content (AvgIpc) is 3.41. The van der Waals surface area contributed by atoms with Crippen molar-refractivity contribution in [2.75, 3.05) is 7.11 Å². The number of fused-ring (bicyclic) bond motifs is 4. The van der Waals surface area contributed by atoms with Gasteiger partial charge < -0.3 is 24.1 Å². The molecule has 40 heavy (non-hydrogen) atoms. The molecule has 1 atom stereocenters. The molecule has 0 amide bonds. The average molecular weight is 569 g/mol. The third kappa shape index (κ3) is 4.47. The van der Waals surface area contributed by atoms with Crippen molar-refractivity contribution in [3.63, 3.8) is 0 Å². The number of methoxy groups -OCH3 is 1. The molecule has 0 aromatic heterocycles. The Morgan fingerprint density at radius 2 is 1.88 bits per heavy atom. The first kappa shape index (κ1) is 28.5. The van der Waals surface area contributed by atoms with Crippen molar-refractivity contribution in [2.45, 2.75) is 72.5 Å². The van der Waals surface area contributed by atoms with E-state index >= 15 is 0 Å². The summed E-state index contributed by atoms with van der Waals surface area (Å²) in [7, 11) is 1.43. The number of benzene rings is 2. The highest BCUT2D eigenvalue weighted by Gasteiger charge is 2.57. The standard InChI is InChI=1S/C32H37ClO7/c1-7-20-17(4)26(33)22-15-38-30(35)25-24(13-12-21(27(25)37-6)23(34)14-16(2)3)39-29(22)28(20)40-31(36)32(5)18-8-9-19(32)11-10-18/h7,12-13,16,18-19,23,34H,1,8-11,14-15H2,2-6H3/t18?,19?,23-,32?/m0/s1. The van der Waals surface area contributed by atoms with Gasteiger partial charge in [-0.1, -0.05) is 38.1 Å². The van der Waals surface area contributed by atoms with Crippen molar-refractivity contribution >= 4 is 29.6 Å². The van der Waals surface area contributed by atoms with E-state index in [1.807, 2.05) is 20.8 Å². The van der Waals surface area contributed by atoms with Crippen LogP contribution in [-0.4, -0.2) is 24.2 Å². The lowest BCUT2D eigenvalue weighted by molar-refractivity contribution is -0.147. The van der Waals surface area contributed by atoms with E-state index in [9.17, 15) is 14.7 Å². The van der Waals surface area contributed by atoms with Crippen LogP contribution in [0.5, 0.6) is 23.0 Å². The van der Waals surface area contributed by atoms with Crippen molar-refractivity contribution in [2.24, 2.45) is 23.2 Å². The quantitative estimate of drug-likeness (QED) is 0.272. The second-order valence-corrected chi connectivity index (χ2v) is 12.2. The van der Waals surface area contributed by atoms with E-state index in [2.05, 4.69) is 6.58 Å². The smallest absolute Gasteiger partial charge is 0.346 e. The summed E-state index contributed by atoms with van der Waals surface area (Å²) in [6, 6.07) is 3.27. The molecule has 3 aliphatic rings. The lowest BCUT2D eigenvalue weighted by Crippen LogP contribution is -2.36. The van der Waals surface area contributed by atoms with Crippen molar-refractivity contribution < 1.29 is 33.6 Å². The van der Waals surface area contributed by atoms with Crippen LogP contribution >= 0.6 is 11.6 Å². The fraction of sp³-hybridized carbons (Fsp3) is 0.500. The first-order valence-electron chi connectivity index (χ1n) is 14.0. The maximum Gasteiger partial charge on any atom is 0.346 e. The van der Waals surface area contributed by atoms with Crippen LogP contribution in [0, 0.1) is 30.1 Å². The van der Waals surface area contributed by atoms with Gasteiger partial charge in [-0.2, -0.15) is 0 Å². The van der Waals surface area contributed by atoms with Gasteiger partial charge in [0.1, 0.15) is 23.7 Å². The predicted octanol–water partition coefficient (Wildman–Crippen LogP) is 7.57. The molecule has 0 spiro atoms. The molecule has 2 saturated carbocycles. The zero-order chi connectivity index (χ0) is 28.9. The Kier molecular flexibility index (Phi) is 7.66. The summed E-state index contributed by atoms with van der Waals surface area (Å²) in [4.78, 5) is 27.1. The highest BCUT2D eigenvalue weighted by atomic mass is 35.5. The topological polar surface area (TPSA) is 91.3 Å². The second kappa shape index (κ2) is 10.7. The molecule has 2 aromatic rings. The summed E-state index contributed by atoms with van der Waals surface area (Å²) < 4.78 is 24.0. The fourth-order valence-electron chi connectivity index (χ4n) is 6.85. The minimum Gasteiger partial charge on any atom is -0.495 e. The minimum absolute atomic E-state index is 0.0448. The van der Waals surface area contributed by atoms with E-state index in [0.717, 1.165) is 25.7 Å². The fourth-order valence-corrected chi connectivity index (χ4v) is 7.10. The van der Waals surface area contributed by atoms with Gasteiger partial charge in [0.05, 0.1) is 29.2 Å². The van der Waals surface area contributed by atoms with Crippen molar-refractivity contribution in [1.82, 2.24) is 0 Å². The highest BCUT2D eigenvalue weighted by Crippen LogP contribution is 2.59. The molecule has 2 fully saturated rings. The van der Waals surface area contributed by atoms with E-state index in [4.69, 9.17) is 30.5 Å². The predicted molar refractivity (Wildman–Crippen MR) is 152 cm³/mol. The van der Waals surface area contributed by atoms with Crippen LogP contribution in [0.1, 0.15) is 91.6 Å². The number of esters is 2. The summed E-state index contributed by atoms with van der Waals surface area (Å²) in [5.74, 6) is 0.537. The monoisotopic (exact) mass is 568 g/mol. The molecule has 0 radical (unpaired) electrons. The molecule has 2 aliphatic carbocycles. The summed E-state index contributed by atoms with van der Waals surface area (Å²) in [5.41, 5.74) is 1.51. The van der Waals surface area contributed by atoms with Gasteiger partial charge in [0.2, 0.25) is 0 Å². The molecule has 1 aliphatic heterocycles. The first-order valence-corrected chi connectivity index (χ1v) is 14.3. The minimum atomic E-state index is -0.853. The molecule has 1 heterocycles. The van der Waals surface area contributed by atoms with E-state index in [1.165, 1.54) is 7.11 Å². The molecule has 1 N–H and O–H groups in total. The molecule has 0 unspecified atom stereocenters. The molecule has 7 nitrogen and oxygen atoms in total. The number of aliphatic hydroxyl groups is 1. The Morgan fingerprint density at radius 1 is 1.23 bits per heavy atom.